The van der Waals surface area contributed by atoms with E-state index in [1.807, 2.05) is 30.3 Å². The molecule has 2 unspecified atom stereocenters. The van der Waals surface area contributed by atoms with Gasteiger partial charge in [-0.25, -0.2) is 0 Å². The molecule has 1 spiro atoms. The fourth-order valence-electron chi connectivity index (χ4n) is 4.28. The normalized spacial score (nSPS) is 22.9. The van der Waals surface area contributed by atoms with Crippen LogP contribution in [0.2, 0.25) is 0 Å². The molecule has 0 bridgehead atoms. The first-order valence-corrected chi connectivity index (χ1v) is 9.00. The Kier molecular flexibility index (Phi) is 4.56. The Hall–Kier alpha value is -3.26. The Morgan fingerprint density at radius 3 is 2.82 bits per heavy atom. The Morgan fingerprint density at radius 1 is 1.25 bits per heavy atom. The van der Waals surface area contributed by atoms with Crippen LogP contribution in [-0.4, -0.2) is 47.4 Å². The van der Waals surface area contributed by atoms with Gasteiger partial charge in [-0.2, -0.15) is 0 Å². The number of ether oxygens (including phenoxy) is 1. The summed E-state index contributed by atoms with van der Waals surface area (Å²) in [6.07, 6.45) is 3.81. The molecule has 3 heterocycles. The summed E-state index contributed by atoms with van der Waals surface area (Å²) in [6, 6.07) is 10.7. The van der Waals surface area contributed by atoms with E-state index in [0.717, 1.165) is 16.8 Å². The van der Waals surface area contributed by atoms with E-state index >= 15 is 0 Å². The number of amides is 3. The number of hydrogen-bond donors (Lipinski definition) is 2. The van der Waals surface area contributed by atoms with Crippen LogP contribution in [0, 0.1) is 0 Å². The molecule has 2 aliphatic rings. The third-order valence-electron chi connectivity index (χ3n) is 5.38. The average molecular weight is 380 g/mol. The Bertz CT molecular complexity index is 933. The Labute approximate surface area is 161 Å². The summed E-state index contributed by atoms with van der Waals surface area (Å²) >= 11 is 0. The van der Waals surface area contributed by atoms with Gasteiger partial charge in [-0.3, -0.25) is 19.4 Å². The highest BCUT2D eigenvalue weighted by atomic mass is 16.5. The molecule has 4 rings (SSSR count). The second kappa shape index (κ2) is 7.05. The number of carbonyl (C=O) groups is 3. The fourth-order valence-corrected chi connectivity index (χ4v) is 4.28. The lowest BCUT2D eigenvalue weighted by Gasteiger charge is -2.34. The minimum Gasteiger partial charge on any atom is -0.368 e. The van der Waals surface area contributed by atoms with Crippen molar-refractivity contribution in [2.24, 2.45) is 5.73 Å². The number of anilines is 1. The van der Waals surface area contributed by atoms with Gasteiger partial charge in [0.05, 0.1) is 6.04 Å². The SMILES string of the molecule is NC(=O)COCC(=O)N1CCC2(C(=O)Nc3ccccc32)C1c1cccnc1. The summed E-state index contributed by atoms with van der Waals surface area (Å²) in [5.74, 6) is -1.07. The first-order valence-electron chi connectivity index (χ1n) is 9.00. The lowest BCUT2D eigenvalue weighted by molar-refractivity contribution is -0.139. The number of pyridine rings is 1. The maximum Gasteiger partial charge on any atom is 0.249 e. The Balaban J connectivity index is 1.73. The molecule has 1 saturated heterocycles. The van der Waals surface area contributed by atoms with Crippen molar-refractivity contribution < 1.29 is 19.1 Å². The third-order valence-corrected chi connectivity index (χ3v) is 5.38. The van der Waals surface area contributed by atoms with E-state index in [4.69, 9.17) is 10.5 Å². The first-order chi connectivity index (χ1) is 13.5. The molecule has 2 aliphatic heterocycles. The van der Waals surface area contributed by atoms with E-state index in [-0.39, 0.29) is 25.0 Å². The molecular weight excluding hydrogens is 360 g/mol. The van der Waals surface area contributed by atoms with Crippen molar-refractivity contribution in [3.05, 3.63) is 59.9 Å². The van der Waals surface area contributed by atoms with Gasteiger partial charge in [-0.1, -0.05) is 24.3 Å². The number of fused-ring (bicyclic) bond motifs is 2. The number of hydrogen-bond acceptors (Lipinski definition) is 5. The second-order valence-corrected chi connectivity index (χ2v) is 6.96. The van der Waals surface area contributed by atoms with Crippen molar-refractivity contribution in [2.75, 3.05) is 25.1 Å². The van der Waals surface area contributed by atoms with Crippen LogP contribution < -0.4 is 11.1 Å². The number of rotatable bonds is 5. The van der Waals surface area contributed by atoms with Gasteiger partial charge in [-0.15, -0.1) is 0 Å². The zero-order valence-electron chi connectivity index (χ0n) is 15.1. The third kappa shape index (κ3) is 2.82. The molecule has 28 heavy (non-hydrogen) atoms. The molecule has 1 fully saturated rings. The number of benzene rings is 1. The molecule has 0 radical (unpaired) electrons. The molecule has 0 aliphatic carbocycles. The predicted octanol–water partition coefficient (Wildman–Crippen LogP) is 0.747. The lowest BCUT2D eigenvalue weighted by atomic mass is 9.73. The van der Waals surface area contributed by atoms with Crippen LogP contribution in [0.25, 0.3) is 0 Å². The van der Waals surface area contributed by atoms with Gasteiger partial charge in [-0.05, 0) is 29.7 Å². The van der Waals surface area contributed by atoms with Crippen molar-refractivity contribution in [1.29, 1.82) is 0 Å². The Morgan fingerprint density at radius 2 is 2.07 bits per heavy atom. The summed E-state index contributed by atoms with van der Waals surface area (Å²) in [5.41, 5.74) is 6.59. The van der Waals surface area contributed by atoms with Gasteiger partial charge in [0.25, 0.3) is 0 Å². The molecule has 2 aromatic rings. The number of likely N-dealkylation sites (tertiary alicyclic amines) is 1. The predicted molar refractivity (Wildman–Crippen MR) is 100 cm³/mol. The summed E-state index contributed by atoms with van der Waals surface area (Å²) < 4.78 is 5.12. The summed E-state index contributed by atoms with van der Waals surface area (Å²) in [5, 5.41) is 2.96. The van der Waals surface area contributed by atoms with E-state index in [0.29, 0.717) is 13.0 Å². The molecule has 8 nitrogen and oxygen atoms in total. The first kappa shape index (κ1) is 18.1. The topological polar surface area (TPSA) is 115 Å². The molecule has 8 heteroatoms. The highest BCUT2D eigenvalue weighted by Gasteiger charge is 2.59. The van der Waals surface area contributed by atoms with Crippen molar-refractivity contribution in [2.45, 2.75) is 17.9 Å². The van der Waals surface area contributed by atoms with E-state index in [1.165, 1.54) is 0 Å². The second-order valence-electron chi connectivity index (χ2n) is 6.96. The highest BCUT2D eigenvalue weighted by molar-refractivity contribution is 6.07. The van der Waals surface area contributed by atoms with Crippen LogP contribution in [0.1, 0.15) is 23.6 Å². The number of nitrogens with zero attached hydrogens (tertiary/aromatic N) is 2. The monoisotopic (exact) mass is 380 g/mol. The quantitative estimate of drug-likeness (QED) is 0.794. The van der Waals surface area contributed by atoms with Gasteiger partial charge in [0, 0.05) is 24.6 Å². The van der Waals surface area contributed by atoms with E-state index in [9.17, 15) is 14.4 Å². The summed E-state index contributed by atoms with van der Waals surface area (Å²) in [7, 11) is 0. The van der Waals surface area contributed by atoms with Gasteiger partial charge in [0.15, 0.2) is 0 Å². The minimum atomic E-state index is -0.890. The highest BCUT2D eigenvalue weighted by Crippen LogP contribution is 2.54. The summed E-state index contributed by atoms with van der Waals surface area (Å²) in [4.78, 5) is 42.7. The van der Waals surface area contributed by atoms with Crippen LogP contribution in [-0.2, 0) is 24.5 Å². The molecule has 0 saturated carbocycles. The number of nitrogens with one attached hydrogen (secondary N) is 1. The number of para-hydroxylation sites is 1. The molecule has 1 aromatic heterocycles. The van der Waals surface area contributed by atoms with Crippen LogP contribution in [0.3, 0.4) is 0 Å². The number of aromatic nitrogens is 1. The van der Waals surface area contributed by atoms with Crippen LogP contribution >= 0.6 is 0 Å². The van der Waals surface area contributed by atoms with Crippen LogP contribution in [0.15, 0.2) is 48.8 Å². The number of nitrogens with two attached hydrogens (primary N) is 1. The molecule has 1 aromatic carbocycles. The largest absolute Gasteiger partial charge is 0.368 e. The zero-order chi connectivity index (χ0) is 19.7. The van der Waals surface area contributed by atoms with Gasteiger partial charge < -0.3 is 20.7 Å². The van der Waals surface area contributed by atoms with Gasteiger partial charge >= 0.3 is 0 Å². The van der Waals surface area contributed by atoms with Crippen molar-refractivity contribution in [1.82, 2.24) is 9.88 Å². The minimum absolute atomic E-state index is 0.129. The van der Waals surface area contributed by atoms with Crippen molar-refractivity contribution in [3.63, 3.8) is 0 Å². The fraction of sp³-hybridized carbons (Fsp3) is 0.300. The molecule has 2 atom stereocenters. The average Bonchev–Trinajstić information content (AvgIpc) is 3.22. The van der Waals surface area contributed by atoms with Crippen molar-refractivity contribution >= 4 is 23.4 Å². The van der Waals surface area contributed by atoms with Gasteiger partial charge in [0.2, 0.25) is 17.7 Å². The molecular formula is C20H20N4O4. The number of primary amides is 1. The van der Waals surface area contributed by atoms with Crippen molar-refractivity contribution in [3.8, 4) is 0 Å². The maximum absolute atomic E-state index is 13.1. The zero-order valence-corrected chi connectivity index (χ0v) is 15.1. The number of carbonyl (C=O) groups excluding carboxylic acids is 3. The molecule has 3 N–H and O–H groups in total. The molecule has 144 valence electrons. The van der Waals surface area contributed by atoms with E-state index in [1.54, 1.807) is 23.4 Å². The van der Waals surface area contributed by atoms with Crippen LogP contribution in [0.5, 0.6) is 0 Å². The maximum atomic E-state index is 13.1. The molecule has 3 amide bonds. The summed E-state index contributed by atoms with van der Waals surface area (Å²) in [6.45, 7) is -0.218. The standard InChI is InChI=1S/C20H20N4O4/c21-16(25)11-28-12-17(26)24-9-7-20(18(24)13-4-3-8-22-10-13)14-5-1-2-6-15(14)23-19(20)27/h1-6,8,10,18H,7,9,11-12H2,(H2,21,25)(H,23,27). The van der Waals surface area contributed by atoms with E-state index in [2.05, 4.69) is 10.3 Å². The smallest absolute Gasteiger partial charge is 0.249 e. The van der Waals surface area contributed by atoms with Crippen LogP contribution in [0.4, 0.5) is 5.69 Å². The van der Waals surface area contributed by atoms with E-state index < -0.39 is 17.4 Å². The lowest BCUT2D eigenvalue weighted by Crippen LogP contribution is -2.43. The van der Waals surface area contributed by atoms with Gasteiger partial charge in [0.1, 0.15) is 18.6 Å².